The fourth-order valence-electron chi connectivity index (χ4n) is 4.50. The van der Waals surface area contributed by atoms with E-state index in [0.717, 1.165) is 30.9 Å². The van der Waals surface area contributed by atoms with Crippen LogP contribution in [0.1, 0.15) is 49.5 Å². The average molecular weight is 341 g/mol. The molecule has 2 heterocycles. The van der Waals surface area contributed by atoms with E-state index < -0.39 is 0 Å². The average Bonchev–Trinajstić information content (AvgIpc) is 3.11. The van der Waals surface area contributed by atoms with Gasteiger partial charge in [-0.25, -0.2) is 4.39 Å². The van der Waals surface area contributed by atoms with Gasteiger partial charge in [0.25, 0.3) is 5.91 Å². The number of halogens is 1. The topological polar surface area (TPSA) is 49.0 Å². The standard InChI is InChI=1S/C20H24FN3O/c1-13-4-9-19-15(11-13)3-2-10-24(19)20(25)18-12-17(22-23-18)14-5-7-16(21)8-6-14/h5-8,12-13,15,19H,2-4,9-11H2,1H3,(H,22,23)/t13-,15-,19+/m1/s1. The van der Waals surface area contributed by atoms with E-state index in [-0.39, 0.29) is 11.7 Å². The molecule has 0 unspecified atom stereocenters. The minimum Gasteiger partial charge on any atom is -0.334 e. The van der Waals surface area contributed by atoms with Crippen molar-refractivity contribution in [3.05, 3.63) is 41.8 Å². The predicted molar refractivity (Wildman–Crippen MR) is 94.5 cm³/mol. The van der Waals surface area contributed by atoms with Crippen LogP contribution < -0.4 is 0 Å². The fourth-order valence-corrected chi connectivity index (χ4v) is 4.50. The number of rotatable bonds is 2. The molecule has 1 N–H and O–H groups in total. The van der Waals surface area contributed by atoms with Gasteiger partial charge in [-0.15, -0.1) is 0 Å². The van der Waals surface area contributed by atoms with E-state index in [4.69, 9.17) is 0 Å². The molecule has 1 aromatic heterocycles. The number of nitrogens with zero attached hydrogens (tertiary/aromatic N) is 2. The zero-order chi connectivity index (χ0) is 17.4. The Morgan fingerprint density at radius 3 is 2.84 bits per heavy atom. The van der Waals surface area contributed by atoms with Crippen molar-refractivity contribution >= 4 is 5.91 Å². The third-order valence-corrected chi connectivity index (χ3v) is 5.79. The van der Waals surface area contributed by atoms with Crippen LogP contribution in [0.5, 0.6) is 0 Å². The summed E-state index contributed by atoms with van der Waals surface area (Å²) in [7, 11) is 0. The van der Waals surface area contributed by atoms with Crippen LogP contribution in [0.4, 0.5) is 4.39 Å². The van der Waals surface area contributed by atoms with Gasteiger partial charge >= 0.3 is 0 Å². The summed E-state index contributed by atoms with van der Waals surface area (Å²) in [6, 6.07) is 8.33. The Hall–Kier alpha value is -2.17. The number of aromatic amines is 1. The number of fused-ring (bicyclic) bond motifs is 1. The number of hydrogen-bond donors (Lipinski definition) is 1. The van der Waals surface area contributed by atoms with Crippen molar-refractivity contribution in [1.82, 2.24) is 15.1 Å². The number of aromatic nitrogens is 2. The fraction of sp³-hybridized carbons (Fsp3) is 0.500. The molecule has 0 radical (unpaired) electrons. The first-order valence-electron chi connectivity index (χ1n) is 9.24. The van der Waals surface area contributed by atoms with Gasteiger partial charge in [0, 0.05) is 18.2 Å². The minimum absolute atomic E-state index is 0.0464. The summed E-state index contributed by atoms with van der Waals surface area (Å²) in [6.45, 7) is 3.15. The van der Waals surface area contributed by atoms with Crippen LogP contribution in [-0.4, -0.2) is 33.6 Å². The number of carbonyl (C=O) groups is 1. The van der Waals surface area contributed by atoms with Gasteiger partial charge in [-0.05, 0) is 74.3 Å². The van der Waals surface area contributed by atoms with Gasteiger partial charge < -0.3 is 4.90 Å². The molecule has 4 rings (SSSR count). The Morgan fingerprint density at radius 2 is 2.04 bits per heavy atom. The predicted octanol–water partition coefficient (Wildman–Crippen LogP) is 4.26. The molecule has 0 bridgehead atoms. The molecule has 1 amide bonds. The van der Waals surface area contributed by atoms with Crippen LogP contribution >= 0.6 is 0 Å². The normalized spacial score (nSPS) is 26.3. The highest BCUT2D eigenvalue weighted by Crippen LogP contribution is 2.38. The van der Waals surface area contributed by atoms with Crippen molar-refractivity contribution in [3.63, 3.8) is 0 Å². The molecule has 0 spiro atoms. The molecule has 2 aromatic rings. The van der Waals surface area contributed by atoms with Crippen LogP contribution in [0.25, 0.3) is 11.3 Å². The number of nitrogens with one attached hydrogen (secondary N) is 1. The van der Waals surface area contributed by atoms with Gasteiger partial charge in [0.05, 0.1) is 5.69 Å². The van der Waals surface area contributed by atoms with Gasteiger partial charge in [-0.3, -0.25) is 9.89 Å². The Bertz CT molecular complexity index is 755. The first kappa shape index (κ1) is 16.3. The lowest BCUT2D eigenvalue weighted by Gasteiger charge is -2.45. The zero-order valence-corrected chi connectivity index (χ0v) is 14.5. The van der Waals surface area contributed by atoms with E-state index >= 15 is 0 Å². The van der Waals surface area contributed by atoms with Gasteiger partial charge in [0.2, 0.25) is 0 Å². The molecule has 4 nitrogen and oxygen atoms in total. The Balaban J connectivity index is 1.53. The largest absolute Gasteiger partial charge is 0.334 e. The summed E-state index contributed by atoms with van der Waals surface area (Å²) >= 11 is 0. The molecule has 132 valence electrons. The van der Waals surface area contributed by atoms with E-state index in [1.165, 1.54) is 31.4 Å². The number of piperidine rings is 1. The van der Waals surface area contributed by atoms with Crippen LogP contribution in [0.3, 0.4) is 0 Å². The highest BCUT2D eigenvalue weighted by Gasteiger charge is 2.38. The summed E-state index contributed by atoms with van der Waals surface area (Å²) in [5, 5.41) is 7.14. The lowest BCUT2D eigenvalue weighted by molar-refractivity contribution is 0.0317. The van der Waals surface area contributed by atoms with Crippen LogP contribution in [0.2, 0.25) is 0 Å². The summed E-state index contributed by atoms with van der Waals surface area (Å²) in [4.78, 5) is 15.1. The van der Waals surface area contributed by atoms with E-state index in [1.807, 2.05) is 0 Å². The van der Waals surface area contributed by atoms with E-state index in [0.29, 0.717) is 23.3 Å². The monoisotopic (exact) mass is 341 g/mol. The molecule has 2 fully saturated rings. The number of carbonyl (C=O) groups excluding carboxylic acids is 1. The summed E-state index contributed by atoms with van der Waals surface area (Å²) in [5.41, 5.74) is 2.01. The third kappa shape index (κ3) is 3.20. The molecule has 1 saturated carbocycles. The molecular formula is C20H24FN3O. The Labute approximate surface area is 147 Å². The number of amides is 1. The minimum atomic E-state index is -0.276. The van der Waals surface area contributed by atoms with E-state index in [2.05, 4.69) is 22.0 Å². The molecule has 2 aliphatic rings. The van der Waals surface area contributed by atoms with Crippen molar-refractivity contribution in [2.45, 2.75) is 45.1 Å². The first-order valence-corrected chi connectivity index (χ1v) is 9.24. The van der Waals surface area contributed by atoms with Crippen molar-refractivity contribution < 1.29 is 9.18 Å². The third-order valence-electron chi connectivity index (χ3n) is 5.79. The van der Waals surface area contributed by atoms with E-state index in [9.17, 15) is 9.18 Å². The lowest BCUT2D eigenvalue weighted by Crippen LogP contribution is -2.50. The summed E-state index contributed by atoms with van der Waals surface area (Å²) in [5.74, 6) is 1.18. The van der Waals surface area contributed by atoms with Crippen molar-refractivity contribution in [2.75, 3.05) is 6.54 Å². The van der Waals surface area contributed by atoms with Gasteiger partial charge in [0.1, 0.15) is 11.5 Å². The van der Waals surface area contributed by atoms with Crippen LogP contribution in [0, 0.1) is 17.7 Å². The maximum atomic E-state index is 13.1. The van der Waals surface area contributed by atoms with Crippen molar-refractivity contribution in [2.24, 2.45) is 11.8 Å². The molecule has 1 aliphatic carbocycles. The number of H-pyrrole nitrogens is 1. The SMILES string of the molecule is C[C@@H]1CC[C@H]2[C@H](CCCN2C(=O)c2cc(-c3ccc(F)cc3)n[nH]2)C1. The second-order valence-electron chi connectivity index (χ2n) is 7.56. The molecule has 1 aromatic carbocycles. The molecule has 1 saturated heterocycles. The zero-order valence-electron chi connectivity index (χ0n) is 14.5. The number of hydrogen-bond acceptors (Lipinski definition) is 2. The Morgan fingerprint density at radius 1 is 1.24 bits per heavy atom. The molecular weight excluding hydrogens is 317 g/mol. The molecule has 3 atom stereocenters. The van der Waals surface area contributed by atoms with Crippen LogP contribution in [0.15, 0.2) is 30.3 Å². The number of benzene rings is 1. The van der Waals surface area contributed by atoms with Gasteiger partial charge in [-0.2, -0.15) is 5.10 Å². The second-order valence-corrected chi connectivity index (χ2v) is 7.56. The second kappa shape index (κ2) is 6.62. The van der Waals surface area contributed by atoms with Crippen molar-refractivity contribution in [3.8, 4) is 11.3 Å². The maximum absolute atomic E-state index is 13.1. The van der Waals surface area contributed by atoms with Gasteiger partial charge in [0.15, 0.2) is 0 Å². The highest BCUT2D eigenvalue weighted by atomic mass is 19.1. The van der Waals surface area contributed by atoms with Gasteiger partial charge in [-0.1, -0.05) is 6.92 Å². The number of likely N-dealkylation sites (tertiary alicyclic amines) is 1. The van der Waals surface area contributed by atoms with Crippen molar-refractivity contribution in [1.29, 1.82) is 0 Å². The summed E-state index contributed by atoms with van der Waals surface area (Å²) in [6.07, 6.45) is 5.87. The Kier molecular flexibility index (Phi) is 4.32. The lowest BCUT2D eigenvalue weighted by atomic mass is 9.74. The highest BCUT2D eigenvalue weighted by molar-refractivity contribution is 5.93. The van der Waals surface area contributed by atoms with Crippen LogP contribution in [-0.2, 0) is 0 Å². The maximum Gasteiger partial charge on any atom is 0.272 e. The summed E-state index contributed by atoms with van der Waals surface area (Å²) < 4.78 is 13.1. The van der Waals surface area contributed by atoms with E-state index in [1.54, 1.807) is 18.2 Å². The quantitative estimate of drug-likeness (QED) is 0.887. The molecule has 5 heteroatoms. The molecule has 25 heavy (non-hydrogen) atoms. The smallest absolute Gasteiger partial charge is 0.272 e. The first-order chi connectivity index (χ1) is 12.1. The molecule has 1 aliphatic heterocycles.